The maximum absolute atomic E-state index is 13.3. The summed E-state index contributed by atoms with van der Waals surface area (Å²) in [5.41, 5.74) is 3.03. The second kappa shape index (κ2) is 10.6. The van der Waals surface area contributed by atoms with Crippen LogP contribution in [0.25, 0.3) is 0 Å². The molecule has 0 bridgehead atoms. The number of fused-ring (bicyclic) bond motifs is 1. The van der Waals surface area contributed by atoms with Gasteiger partial charge in [-0.15, -0.1) is 0 Å². The number of likely N-dealkylation sites (N-methyl/N-ethyl adjacent to an activating group) is 1. The molecule has 0 spiro atoms. The summed E-state index contributed by atoms with van der Waals surface area (Å²) in [5.74, 6) is -0.916. The molecular weight excluding hydrogens is 428 g/mol. The number of hydrogen-bond donors (Lipinski definition) is 2. The summed E-state index contributed by atoms with van der Waals surface area (Å²) in [6, 6.07) is 16.4. The third-order valence-electron chi connectivity index (χ3n) is 6.65. The minimum absolute atomic E-state index is 0.0550. The van der Waals surface area contributed by atoms with Crippen LogP contribution in [0.1, 0.15) is 56.6 Å². The maximum atomic E-state index is 13.3. The normalized spacial score (nSPS) is 19.8. The molecule has 1 aliphatic heterocycles. The Balaban J connectivity index is 1.55. The van der Waals surface area contributed by atoms with Gasteiger partial charge in [0.2, 0.25) is 18.0 Å². The summed E-state index contributed by atoms with van der Waals surface area (Å²) in [4.78, 5) is 45.2. The van der Waals surface area contributed by atoms with Crippen LogP contribution >= 0.6 is 0 Å². The quantitative estimate of drug-likeness (QED) is 0.670. The van der Waals surface area contributed by atoms with Gasteiger partial charge < -0.3 is 15.5 Å². The number of carbonyl (C=O) groups is 3. The lowest BCUT2D eigenvalue weighted by Crippen LogP contribution is -2.53. The van der Waals surface area contributed by atoms with Gasteiger partial charge in [-0.05, 0) is 25.8 Å². The van der Waals surface area contributed by atoms with E-state index in [0.29, 0.717) is 5.71 Å². The Morgan fingerprint density at radius 1 is 0.971 bits per heavy atom. The molecule has 0 aromatic heterocycles. The standard InChI is InChI=1S/C27H32N4O3/c1-18(28-26(33)20-14-6-3-4-7-15-20)25(32)30-24-27(34)31(2)22-17-11-10-16-21(22)23(29-24)19-12-8-5-9-13-19/h5,8-13,16-18,20,24H,3-4,6-7,14-15H2,1-2H3,(H,28,33)(H,30,32)/t18-,24+/m0/s1. The van der Waals surface area contributed by atoms with E-state index >= 15 is 0 Å². The van der Waals surface area contributed by atoms with Crippen molar-refractivity contribution in [3.05, 3.63) is 65.7 Å². The Labute approximate surface area is 200 Å². The van der Waals surface area contributed by atoms with Crippen LogP contribution < -0.4 is 15.5 Å². The van der Waals surface area contributed by atoms with Crippen molar-refractivity contribution in [2.75, 3.05) is 11.9 Å². The minimum atomic E-state index is -1.10. The fraction of sp³-hybridized carbons (Fsp3) is 0.407. The van der Waals surface area contributed by atoms with Gasteiger partial charge in [0.15, 0.2) is 0 Å². The second-order valence-corrected chi connectivity index (χ2v) is 9.09. The van der Waals surface area contributed by atoms with E-state index < -0.39 is 18.1 Å². The summed E-state index contributed by atoms with van der Waals surface area (Å²) >= 11 is 0. The van der Waals surface area contributed by atoms with Crippen LogP contribution in [0, 0.1) is 5.92 Å². The van der Waals surface area contributed by atoms with Crippen LogP contribution in [0.2, 0.25) is 0 Å². The largest absolute Gasteiger partial charge is 0.344 e. The highest BCUT2D eigenvalue weighted by Crippen LogP contribution is 2.27. The van der Waals surface area contributed by atoms with E-state index in [1.54, 1.807) is 14.0 Å². The van der Waals surface area contributed by atoms with Crippen LogP contribution in [0.3, 0.4) is 0 Å². The zero-order chi connectivity index (χ0) is 24.1. The van der Waals surface area contributed by atoms with Gasteiger partial charge in [0, 0.05) is 24.1 Å². The fourth-order valence-corrected chi connectivity index (χ4v) is 4.64. The Morgan fingerprint density at radius 2 is 1.62 bits per heavy atom. The summed E-state index contributed by atoms with van der Waals surface area (Å²) in [7, 11) is 1.68. The number of hydrogen-bond acceptors (Lipinski definition) is 4. The number of rotatable bonds is 5. The van der Waals surface area contributed by atoms with Crippen molar-refractivity contribution in [3.63, 3.8) is 0 Å². The number of aliphatic imine (C=N–C) groups is 1. The lowest BCUT2D eigenvalue weighted by Gasteiger charge is -2.23. The smallest absolute Gasteiger partial charge is 0.272 e. The van der Waals surface area contributed by atoms with Gasteiger partial charge >= 0.3 is 0 Å². The van der Waals surface area contributed by atoms with E-state index in [9.17, 15) is 14.4 Å². The van der Waals surface area contributed by atoms with Gasteiger partial charge in [0.1, 0.15) is 6.04 Å². The van der Waals surface area contributed by atoms with Crippen molar-refractivity contribution in [3.8, 4) is 0 Å². The number of benzodiazepines with no additional fused rings is 1. The molecule has 3 amide bonds. The van der Waals surface area contributed by atoms with Crippen LogP contribution in [0.4, 0.5) is 5.69 Å². The molecule has 7 heteroatoms. The van der Waals surface area contributed by atoms with E-state index in [1.165, 1.54) is 4.90 Å². The predicted octanol–water partition coefficient (Wildman–Crippen LogP) is 3.42. The molecule has 0 unspecified atom stereocenters. The van der Waals surface area contributed by atoms with Crippen LogP contribution in [0.15, 0.2) is 59.6 Å². The Morgan fingerprint density at radius 3 is 2.32 bits per heavy atom. The van der Waals surface area contributed by atoms with Gasteiger partial charge in [0.05, 0.1) is 11.4 Å². The molecule has 178 valence electrons. The van der Waals surface area contributed by atoms with Crippen molar-refractivity contribution in [1.82, 2.24) is 10.6 Å². The number of anilines is 1. The molecule has 7 nitrogen and oxygen atoms in total. The molecule has 2 aromatic rings. The molecular formula is C27H32N4O3. The summed E-state index contributed by atoms with van der Waals surface area (Å²) in [5, 5.41) is 5.61. The highest BCUT2D eigenvalue weighted by atomic mass is 16.2. The molecule has 34 heavy (non-hydrogen) atoms. The van der Waals surface area contributed by atoms with Crippen molar-refractivity contribution in [2.45, 2.75) is 57.7 Å². The van der Waals surface area contributed by atoms with Crippen molar-refractivity contribution in [2.24, 2.45) is 10.9 Å². The lowest BCUT2D eigenvalue weighted by atomic mass is 9.99. The highest BCUT2D eigenvalue weighted by Gasteiger charge is 2.32. The van der Waals surface area contributed by atoms with Crippen molar-refractivity contribution in [1.29, 1.82) is 0 Å². The molecule has 4 rings (SSSR count). The maximum Gasteiger partial charge on any atom is 0.272 e. The zero-order valence-corrected chi connectivity index (χ0v) is 19.8. The fourth-order valence-electron chi connectivity index (χ4n) is 4.64. The Hall–Kier alpha value is -3.48. The number of amides is 3. The average Bonchev–Trinajstić information content (AvgIpc) is 3.20. The van der Waals surface area contributed by atoms with Gasteiger partial charge in [-0.25, -0.2) is 4.99 Å². The topological polar surface area (TPSA) is 90.9 Å². The van der Waals surface area contributed by atoms with E-state index in [2.05, 4.69) is 10.6 Å². The van der Waals surface area contributed by atoms with Crippen LogP contribution in [0.5, 0.6) is 0 Å². The third-order valence-corrected chi connectivity index (χ3v) is 6.65. The van der Waals surface area contributed by atoms with Crippen molar-refractivity contribution < 1.29 is 14.4 Å². The molecule has 1 saturated carbocycles. The van der Waals surface area contributed by atoms with Gasteiger partial charge in [0.25, 0.3) is 5.91 Å². The monoisotopic (exact) mass is 460 g/mol. The van der Waals surface area contributed by atoms with E-state index in [0.717, 1.165) is 55.3 Å². The third kappa shape index (κ3) is 5.19. The van der Waals surface area contributed by atoms with E-state index in [1.807, 2.05) is 54.6 Å². The molecule has 0 radical (unpaired) electrons. The molecule has 0 saturated heterocycles. The number of para-hydroxylation sites is 1. The second-order valence-electron chi connectivity index (χ2n) is 9.09. The van der Waals surface area contributed by atoms with Gasteiger partial charge in [-0.2, -0.15) is 0 Å². The summed E-state index contributed by atoms with van der Waals surface area (Å²) in [6.45, 7) is 1.64. The molecule has 2 aliphatic rings. The molecule has 2 atom stereocenters. The average molecular weight is 461 g/mol. The predicted molar refractivity (Wildman–Crippen MR) is 133 cm³/mol. The zero-order valence-electron chi connectivity index (χ0n) is 19.8. The summed E-state index contributed by atoms with van der Waals surface area (Å²) in [6.07, 6.45) is 5.00. The van der Waals surface area contributed by atoms with Gasteiger partial charge in [-0.1, -0.05) is 74.2 Å². The molecule has 1 fully saturated rings. The first-order chi connectivity index (χ1) is 16.5. The van der Waals surface area contributed by atoms with E-state index in [4.69, 9.17) is 4.99 Å². The SMILES string of the molecule is C[C@H](NC(=O)C1CCCCCC1)C(=O)N[C@H]1N=C(c2ccccc2)c2ccccc2N(C)C1=O. The Kier molecular flexibility index (Phi) is 7.40. The molecule has 2 N–H and O–H groups in total. The summed E-state index contributed by atoms with van der Waals surface area (Å²) < 4.78 is 0. The van der Waals surface area contributed by atoms with Crippen molar-refractivity contribution >= 4 is 29.1 Å². The number of nitrogens with zero attached hydrogens (tertiary/aromatic N) is 2. The number of carbonyl (C=O) groups excluding carboxylic acids is 3. The number of nitrogens with one attached hydrogen (secondary N) is 2. The van der Waals surface area contributed by atoms with Crippen LogP contribution in [-0.4, -0.2) is 42.7 Å². The molecule has 2 aromatic carbocycles. The molecule has 1 aliphatic carbocycles. The molecule has 1 heterocycles. The highest BCUT2D eigenvalue weighted by molar-refractivity contribution is 6.20. The van der Waals surface area contributed by atoms with Crippen LogP contribution in [-0.2, 0) is 14.4 Å². The van der Waals surface area contributed by atoms with Gasteiger partial charge in [-0.3, -0.25) is 14.4 Å². The lowest BCUT2D eigenvalue weighted by molar-refractivity contribution is -0.132. The Bertz CT molecular complexity index is 1070. The van der Waals surface area contributed by atoms with E-state index in [-0.39, 0.29) is 17.7 Å². The first-order valence-electron chi connectivity index (χ1n) is 12.1. The first kappa shape index (κ1) is 23.7. The first-order valence-corrected chi connectivity index (χ1v) is 12.1. The number of benzene rings is 2. The minimum Gasteiger partial charge on any atom is -0.344 e.